The number of hydrogen-bond donors (Lipinski definition) is 1. The van der Waals surface area contributed by atoms with Gasteiger partial charge in [-0.3, -0.25) is 14.6 Å². The van der Waals surface area contributed by atoms with E-state index < -0.39 is 53.6 Å². The molecular weight excluding hydrogens is 387 g/mol. The van der Waals surface area contributed by atoms with Crippen molar-refractivity contribution in [2.75, 3.05) is 19.0 Å². The van der Waals surface area contributed by atoms with Gasteiger partial charge in [0.2, 0.25) is 5.78 Å². The molecule has 5 nitrogen and oxygen atoms in total. The van der Waals surface area contributed by atoms with Gasteiger partial charge in [0, 0.05) is 6.20 Å². The topological polar surface area (TPSA) is 68.3 Å². The third-order valence-corrected chi connectivity index (χ3v) is 3.76. The van der Waals surface area contributed by atoms with Gasteiger partial charge in [-0.2, -0.15) is 13.2 Å². The molecule has 28 heavy (non-hydrogen) atoms. The van der Waals surface area contributed by atoms with Crippen LogP contribution in [-0.2, 0) is 15.7 Å². The van der Waals surface area contributed by atoms with E-state index in [0.29, 0.717) is 0 Å². The Hall–Kier alpha value is -3.04. The van der Waals surface area contributed by atoms with Crippen LogP contribution < -0.4 is 5.32 Å². The van der Waals surface area contributed by atoms with E-state index >= 15 is 0 Å². The van der Waals surface area contributed by atoms with E-state index in [1.165, 1.54) is 18.2 Å². The van der Waals surface area contributed by atoms with Crippen LogP contribution in [0.3, 0.4) is 0 Å². The van der Waals surface area contributed by atoms with E-state index in [1.807, 2.05) is 0 Å². The summed E-state index contributed by atoms with van der Waals surface area (Å²) in [7, 11) is 0.924. The number of ether oxygens (including phenoxy) is 1. The molecule has 1 aromatic carbocycles. The van der Waals surface area contributed by atoms with E-state index in [1.54, 1.807) is 0 Å². The van der Waals surface area contributed by atoms with Gasteiger partial charge in [0.1, 0.15) is 11.6 Å². The second-order valence-electron chi connectivity index (χ2n) is 5.58. The zero-order chi connectivity index (χ0) is 20.9. The predicted octanol–water partition coefficient (Wildman–Crippen LogP) is 3.92. The average molecular weight is 402 g/mol. The maximum absolute atomic E-state index is 13.4. The second kappa shape index (κ2) is 8.77. The van der Waals surface area contributed by atoms with Crippen LogP contribution in [-0.4, -0.2) is 36.8 Å². The van der Waals surface area contributed by atoms with Crippen molar-refractivity contribution in [3.8, 4) is 0 Å². The lowest BCUT2D eigenvalue weighted by atomic mass is 9.88. The second-order valence-corrected chi connectivity index (χ2v) is 5.58. The Morgan fingerprint density at radius 1 is 1.14 bits per heavy atom. The van der Waals surface area contributed by atoms with Gasteiger partial charge in [0.15, 0.2) is 0 Å². The fourth-order valence-electron chi connectivity index (χ4n) is 2.57. The first-order valence-corrected chi connectivity index (χ1v) is 7.92. The number of carbonyl (C=O) groups excluding carboxylic acids is 2. The smallest absolute Gasteiger partial charge is 0.416 e. The van der Waals surface area contributed by atoms with E-state index in [4.69, 9.17) is 0 Å². The summed E-state index contributed by atoms with van der Waals surface area (Å²) < 4.78 is 69.5. The first-order valence-electron chi connectivity index (χ1n) is 7.92. The Morgan fingerprint density at radius 2 is 1.82 bits per heavy atom. The maximum atomic E-state index is 13.4. The molecule has 0 aliphatic rings. The van der Waals surface area contributed by atoms with Crippen molar-refractivity contribution >= 4 is 17.4 Å². The van der Waals surface area contributed by atoms with Gasteiger partial charge in [-0.1, -0.05) is 18.2 Å². The molecule has 1 atom stereocenters. The summed E-state index contributed by atoms with van der Waals surface area (Å²) >= 11 is 0. The van der Waals surface area contributed by atoms with Crippen LogP contribution in [0.25, 0.3) is 0 Å². The molecule has 150 valence electrons. The number of alkyl halides is 5. The Balaban J connectivity index is 2.55. The largest absolute Gasteiger partial charge is 0.468 e. The molecule has 0 bridgehead atoms. The van der Waals surface area contributed by atoms with Crippen molar-refractivity contribution in [1.29, 1.82) is 0 Å². The fraction of sp³-hybridized carbons (Fsp3) is 0.278. The SMILES string of the molecule is COC(=O)C(C(=O)c1ncccc1NCC(F)F)c1ccccc1C(F)(F)F. The number of Topliss-reactive ketones (excluding diaryl/α,β-unsaturated/α-hetero) is 1. The molecule has 0 amide bonds. The van der Waals surface area contributed by atoms with E-state index in [2.05, 4.69) is 15.0 Å². The van der Waals surface area contributed by atoms with Gasteiger partial charge in [-0.05, 0) is 23.8 Å². The summed E-state index contributed by atoms with van der Waals surface area (Å²) in [4.78, 5) is 28.9. The predicted molar refractivity (Wildman–Crippen MR) is 89.3 cm³/mol. The minimum absolute atomic E-state index is 0.133. The molecule has 0 spiro atoms. The molecule has 2 rings (SSSR count). The van der Waals surface area contributed by atoms with Crippen molar-refractivity contribution in [2.45, 2.75) is 18.5 Å². The molecule has 0 saturated heterocycles. The fourth-order valence-corrected chi connectivity index (χ4v) is 2.57. The molecule has 10 heteroatoms. The summed E-state index contributed by atoms with van der Waals surface area (Å²) in [6.45, 7) is -0.812. The standard InChI is InChI=1S/C18H15F5N2O3/c1-28-17(27)14(10-5-2-3-6-11(10)18(21,22)23)16(26)15-12(7-4-8-24-15)25-9-13(19)20/h2-8,13-14,25H,9H2,1H3. The Labute approximate surface area is 156 Å². The Bertz CT molecular complexity index is 855. The summed E-state index contributed by atoms with van der Waals surface area (Å²) in [6, 6.07) is 6.67. The summed E-state index contributed by atoms with van der Waals surface area (Å²) in [5, 5.41) is 2.29. The highest BCUT2D eigenvalue weighted by molar-refractivity contribution is 6.14. The van der Waals surface area contributed by atoms with Crippen LogP contribution >= 0.6 is 0 Å². The highest BCUT2D eigenvalue weighted by Crippen LogP contribution is 2.37. The van der Waals surface area contributed by atoms with E-state index in [-0.39, 0.29) is 5.69 Å². The number of anilines is 1. The molecule has 1 N–H and O–H groups in total. The van der Waals surface area contributed by atoms with Gasteiger partial charge in [0.05, 0.1) is 24.9 Å². The number of halogens is 5. The average Bonchev–Trinajstić information content (AvgIpc) is 2.66. The highest BCUT2D eigenvalue weighted by atomic mass is 19.4. The molecule has 0 saturated carbocycles. The third-order valence-electron chi connectivity index (χ3n) is 3.76. The molecule has 1 heterocycles. The summed E-state index contributed by atoms with van der Waals surface area (Å²) in [6.07, 6.45) is -6.42. The van der Waals surface area contributed by atoms with Crippen molar-refractivity contribution < 1.29 is 36.3 Å². The van der Waals surface area contributed by atoms with Crippen molar-refractivity contribution in [3.63, 3.8) is 0 Å². The van der Waals surface area contributed by atoms with Crippen LogP contribution in [0.1, 0.15) is 27.5 Å². The van der Waals surface area contributed by atoms with Gasteiger partial charge in [-0.15, -0.1) is 0 Å². The van der Waals surface area contributed by atoms with Crippen LogP contribution in [0, 0.1) is 0 Å². The molecular formula is C18H15F5N2O3. The summed E-state index contributed by atoms with van der Waals surface area (Å²) in [5.41, 5.74) is -2.38. The summed E-state index contributed by atoms with van der Waals surface area (Å²) in [5.74, 6) is -4.31. The lowest BCUT2D eigenvalue weighted by Crippen LogP contribution is -2.28. The van der Waals surface area contributed by atoms with Crippen molar-refractivity contribution in [2.24, 2.45) is 0 Å². The Kier molecular flexibility index (Phi) is 6.66. The number of rotatable bonds is 7. The van der Waals surface area contributed by atoms with Gasteiger partial charge < -0.3 is 10.1 Å². The molecule has 0 radical (unpaired) electrons. The number of hydrogen-bond acceptors (Lipinski definition) is 5. The van der Waals surface area contributed by atoms with Gasteiger partial charge in [0.25, 0.3) is 6.43 Å². The normalized spacial score (nSPS) is 12.5. The first-order chi connectivity index (χ1) is 13.2. The Morgan fingerprint density at radius 3 is 2.43 bits per heavy atom. The number of benzene rings is 1. The van der Waals surface area contributed by atoms with Crippen molar-refractivity contribution in [3.05, 3.63) is 59.4 Å². The van der Waals surface area contributed by atoms with E-state index in [0.717, 1.165) is 31.5 Å². The third kappa shape index (κ3) is 4.81. The van der Waals surface area contributed by atoms with Crippen LogP contribution in [0.4, 0.5) is 27.6 Å². The molecule has 0 aliphatic heterocycles. The quantitative estimate of drug-likeness (QED) is 0.329. The van der Waals surface area contributed by atoms with E-state index in [9.17, 15) is 31.5 Å². The monoisotopic (exact) mass is 402 g/mol. The number of carbonyl (C=O) groups is 2. The number of pyridine rings is 1. The lowest BCUT2D eigenvalue weighted by molar-refractivity contribution is -0.142. The number of nitrogens with zero attached hydrogens (tertiary/aromatic N) is 1. The maximum Gasteiger partial charge on any atom is 0.416 e. The number of nitrogens with one attached hydrogen (secondary N) is 1. The molecule has 1 aromatic heterocycles. The highest BCUT2D eigenvalue weighted by Gasteiger charge is 2.41. The number of ketones is 1. The number of aromatic nitrogens is 1. The number of esters is 1. The molecule has 2 aromatic rings. The number of methoxy groups -OCH3 is 1. The zero-order valence-corrected chi connectivity index (χ0v) is 14.5. The minimum atomic E-state index is -4.83. The van der Waals surface area contributed by atoms with Crippen LogP contribution in [0.2, 0.25) is 0 Å². The minimum Gasteiger partial charge on any atom is -0.468 e. The lowest BCUT2D eigenvalue weighted by Gasteiger charge is -2.20. The van der Waals surface area contributed by atoms with Crippen LogP contribution in [0.15, 0.2) is 42.6 Å². The molecule has 0 aliphatic carbocycles. The molecule has 0 fully saturated rings. The van der Waals surface area contributed by atoms with Gasteiger partial charge >= 0.3 is 12.1 Å². The van der Waals surface area contributed by atoms with Gasteiger partial charge in [-0.25, -0.2) is 8.78 Å². The van der Waals surface area contributed by atoms with Crippen LogP contribution in [0.5, 0.6) is 0 Å². The van der Waals surface area contributed by atoms with Crippen molar-refractivity contribution in [1.82, 2.24) is 4.98 Å². The first kappa shape index (κ1) is 21.3. The zero-order valence-electron chi connectivity index (χ0n) is 14.5. The molecule has 1 unspecified atom stereocenters.